The quantitative estimate of drug-likeness (QED) is 0.914. The fraction of sp³-hybridized carbons (Fsp3) is 0.632. The summed E-state index contributed by atoms with van der Waals surface area (Å²) in [4.78, 5) is 18.9. The number of nitrogens with one attached hydrogen (secondary N) is 1. The number of urea groups is 1. The Morgan fingerprint density at radius 3 is 2.67 bits per heavy atom. The van der Waals surface area contributed by atoms with Crippen LogP contribution in [0, 0.1) is 6.92 Å². The van der Waals surface area contributed by atoms with Crippen molar-refractivity contribution in [1.29, 1.82) is 0 Å². The highest BCUT2D eigenvalue weighted by atomic mass is 16.2. The molecule has 5 nitrogen and oxygen atoms in total. The second-order valence-corrected chi connectivity index (χ2v) is 7.17. The third-order valence-electron chi connectivity index (χ3n) is 5.40. The first-order chi connectivity index (χ1) is 11.6. The van der Waals surface area contributed by atoms with Crippen LogP contribution in [-0.4, -0.2) is 80.1 Å². The molecular formula is C19H30N4O. The van der Waals surface area contributed by atoms with E-state index in [1.165, 1.54) is 17.5 Å². The molecule has 2 amide bonds. The van der Waals surface area contributed by atoms with Gasteiger partial charge in [-0.05, 0) is 44.0 Å². The standard InChI is InChI=1S/C19H30N4O/c1-16-5-3-4-6-18(16)17-7-9-22(15-17)10-8-20-19(24)23-13-11-21(2)12-14-23/h3-6,17H,7-15H2,1-2H3,(H,20,24)/t17-/m1/s1. The van der Waals surface area contributed by atoms with Crippen LogP contribution in [0.2, 0.25) is 0 Å². The fourth-order valence-electron chi connectivity index (χ4n) is 3.78. The van der Waals surface area contributed by atoms with Crippen LogP contribution in [0.4, 0.5) is 4.79 Å². The molecule has 3 rings (SSSR count). The van der Waals surface area contributed by atoms with Gasteiger partial charge in [0.1, 0.15) is 0 Å². The Balaban J connectivity index is 1.39. The topological polar surface area (TPSA) is 38.8 Å². The number of aryl methyl sites for hydroxylation is 1. The van der Waals surface area contributed by atoms with Gasteiger partial charge in [0, 0.05) is 45.8 Å². The molecule has 2 aliphatic heterocycles. The van der Waals surface area contributed by atoms with E-state index in [2.05, 4.69) is 53.4 Å². The largest absolute Gasteiger partial charge is 0.337 e. The summed E-state index contributed by atoms with van der Waals surface area (Å²) in [6, 6.07) is 8.81. The van der Waals surface area contributed by atoms with Crippen LogP contribution in [0.15, 0.2) is 24.3 Å². The number of nitrogens with zero attached hydrogens (tertiary/aromatic N) is 3. The number of carbonyl (C=O) groups excluding carboxylic acids is 1. The minimum Gasteiger partial charge on any atom is -0.337 e. The van der Waals surface area contributed by atoms with E-state index in [0.717, 1.165) is 52.4 Å². The average Bonchev–Trinajstić information content (AvgIpc) is 3.04. The van der Waals surface area contributed by atoms with Crippen LogP contribution in [0.25, 0.3) is 0 Å². The second-order valence-electron chi connectivity index (χ2n) is 7.17. The first kappa shape index (κ1) is 17.2. The minimum atomic E-state index is 0.0951. The lowest BCUT2D eigenvalue weighted by Gasteiger charge is -2.32. The number of likely N-dealkylation sites (tertiary alicyclic amines) is 1. The molecule has 0 spiro atoms. The molecule has 0 unspecified atom stereocenters. The lowest BCUT2D eigenvalue weighted by Crippen LogP contribution is -2.51. The van der Waals surface area contributed by atoms with Crippen LogP contribution < -0.4 is 5.32 Å². The van der Waals surface area contributed by atoms with Gasteiger partial charge in [-0.1, -0.05) is 24.3 Å². The van der Waals surface area contributed by atoms with E-state index in [0.29, 0.717) is 5.92 Å². The number of likely N-dealkylation sites (N-methyl/N-ethyl adjacent to an activating group) is 1. The first-order valence-corrected chi connectivity index (χ1v) is 9.12. The summed E-state index contributed by atoms with van der Waals surface area (Å²) in [5, 5.41) is 3.09. The molecule has 0 radical (unpaired) electrons. The van der Waals surface area contributed by atoms with Crippen molar-refractivity contribution in [2.75, 3.05) is 59.4 Å². The van der Waals surface area contributed by atoms with E-state index in [4.69, 9.17) is 0 Å². The van der Waals surface area contributed by atoms with Crippen LogP contribution in [0.5, 0.6) is 0 Å². The monoisotopic (exact) mass is 330 g/mol. The van der Waals surface area contributed by atoms with E-state index in [9.17, 15) is 4.79 Å². The molecule has 1 aromatic rings. The second kappa shape index (κ2) is 7.99. The van der Waals surface area contributed by atoms with E-state index in [-0.39, 0.29) is 6.03 Å². The average molecular weight is 330 g/mol. The lowest BCUT2D eigenvalue weighted by atomic mass is 9.94. The summed E-state index contributed by atoms with van der Waals surface area (Å²) in [6.07, 6.45) is 1.22. The number of rotatable bonds is 4. The van der Waals surface area contributed by atoms with Crippen molar-refractivity contribution in [3.8, 4) is 0 Å². The van der Waals surface area contributed by atoms with Gasteiger partial charge in [0.15, 0.2) is 0 Å². The maximum absolute atomic E-state index is 12.2. The SMILES string of the molecule is Cc1ccccc1[C@@H]1CCN(CCNC(=O)N2CCN(C)CC2)C1. The third kappa shape index (κ3) is 4.28. The van der Waals surface area contributed by atoms with Crippen LogP contribution >= 0.6 is 0 Å². The van der Waals surface area contributed by atoms with Crippen molar-refractivity contribution < 1.29 is 4.79 Å². The number of hydrogen-bond acceptors (Lipinski definition) is 3. The Labute approximate surface area is 145 Å². The molecule has 2 saturated heterocycles. The molecule has 0 aromatic heterocycles. The number of piperazine rings is 1. The predicted octanol–water partition coefficient (Wildman–Crippen LogP) is 1.74. The summed E-state index contributed by atoms with van der Waals surface area (Å²) >= 11 is 0. The third-order valence-corrected chi connectivity index (χ3v) is 5.40. The summed E-state index contributed by atoms with van der Waals surface area (Å²) in [5.41, 5.74) is 2.88. The number of benzene rings is 1. The van der Waals surface area contributed by atoms with Gasteiger partial charge < -0.3 is 20.0 Å². The van der Waals surface area contributed by atoms with Gasteiger partial charge in [-0.2, -0.15) is 0 Å². The van der Waals surface area contributed by atoms with E-state index >= 15 is 0 Å². The van der Waals surface area contributed by atoms with Crippen molar-refractivity contribution in [3.05, 3.63) is 35.4 Å². The molecule has 0 bridgehead atoms. The highest BCUT2D eigenvalue weighted by Crippen LogP contribution is 2.28. The summed E-state index contributed by atoms with van der Waals surface area (Å²) in [5.74, 6) is 0.638. The van der Waals surface area contributed by atoms with Gasteiger partial charge in [-0.15, -0.1) is 0 Å². The number of carbonyl (C=O) groups is 1. The Morgan fingerprint density at radius 2 is 1.92 bits per heavy atom. The van der Waals surface area contributed by atoms with Crippen LogP contribution in [0.3, 0.4) is 0 Å². The lowest BCUT2D eigenvalue weighted by molar-refractivity contribution is 0.153. The summed E-state index contributed by atoms with van der Waals surface area (Å²) in [7, 11) is 2.10. The maximum Gasteiger partial charge on any atom is 0.317 e. The molecule has 2 heterocycles. The van der Waals surface area contributed by atoms with Gasteiger partial charge in [-0.3, -0.25) is 0 Å². The van der Waals surface area contributed by atoms with Crippen LogP contribution in [-0.2, 0) is 0 Å². The Bertz CT molecular complexity index is 554. The molecular weight excluding hydrogens is 300 g/mol. The van der Waals surface area contributed by atoms with Crippen molar-refractivity contribution in [1.82, 2.24) is 20.0 Å². The zero-order chi connectivity index (χ0) is 16.9. The molecule has 132 valence electrons. The number of hydrogen-bond donors (Lipinski definition) is 1. The van der Waals surface area contributed by atoms with Crippen molar-refractivity contribution in [2.24, 2.45) is 0 Å². The molecule has 2 aliphatic rings. The molecule has 0 saturated carbocycles. The summed E-state index contributed by atoms with van der Waals surface area (Å²) < 4.78 is 0. The van der Waals surface area contributed by atoms with Gasteiger partial charge in [0.25, 0.3) is 0 Å². The normalized spacial score (nSPS) is 22.8. The molecule has 5 heteroatoms. The Kier molecular flexibility index (Phi) is 5.74. The van der Waals surface area contributed by atoms with Crippen molar-refractivity contribution in [2.45, 2.75) is 19.3 Å². The zero-order valence-corrected chi connectivity index (χ0v) is 15.0. The maximum atomic E-state index is 12.2. The molecule has 2 fully saturated rings. The molecule has 1 N–H and O–H groups in total. The molecule has 0 aliphatic carbocycles. The predicted molar refractivity (Wildman–Crippen MR) is 97.4 cm³/mol. The summed E-state index contributed by atoms with van der Waals surface area (Å²) in [6.45, 7) is 9.73. The van der Waals surface area contributed by atoms with Crippen molar-refractivity contribution in [3.63, 3.8) is 0 Å². The Hall–Kier alpha value is -1.59. The first-order valence-electron chi connectivity index (χ1n) is 9.12. The van der Waals surface area contributed by atoms with Gasteiger partial charge >= 0.3 is 6.03 Å². The molecule has 24 heavy (non-hydrogen) atoms. The molecule has 1 atom stereocenters. The highest BCUT2D eigenvalue weighted by molar-refractivity contribution is 5.74. The van der Waals surface area contributed by atoms with Crippen LogP contribution in [0.1, 0.15) is 23.5 Å². The Morgan fingerprint density at radius 1 is 1.17 bits per heavy atom. The van der Waals surface area contributed by atoms with E-state index in [1.807, 2.05) is 4.90 Å². The van der Waals surface area contributed by atoms with E-state index in [1.54, 1.807) is 0 Å². The van der Waals surface area contributed by atoms with E-state index < -0.39 is 0 Å². The zero-order valence-electron chi connectivity index (χ0n) is 15.0. The smallest absolute Gasteiger partial charge is 0.317 e. The van der Waals surface area contributed by atoms with Gasteiger partial charge in [0.2, 0.25) is 0 Å². The molecule has 1 aromatic carbocycles. The van der Waals surface area contributed by atoms with Crippen molar-refractivity contribution >= 4 is 6.03 Å². The van der Waals surface area contributed by atoms with Gasteiger partial charge in [0.05, 0.1) is 0 Å². The minimum absolute atomic E-state index is 0.0951. The number of amides is 2. The highest BCUT2D eigenvalue weighted by Gasteiger charge is 2.25. The van der Waals surface area contributed by atoms with Gasteiger partial charge in [-0.25, -0.2) is 4.79 Å². The fourth-order valence-corrected chi connectivity index (χ4v) is 3.78.